The molecule has 4 N–H and O–H groups in total. The van der Waals surface area contributed by atoms with E-state index in [1.165, 1.54) is 0 Å². The number of aromatic nitrogens is 6. The van der Waals surface area contributed by atoms with E-state index >= 15 is 4.79 Å². The van der Waals surface area contributed by atoms with Crippen molar-refractivity contribution in [2.45, 2.75) is 50.6 Å². The normalized spacial score (nSPS) is 17.3. The lowest BCUT2D eigenvalue weighted by molar-refractivity contribution is -0.132. The summed E-state index contributed by atoms with van der Waals surface area (Å²) in [5, 5.41) is 36.1. The Morgan fingerprint density at radius 1 is 0.556 bits per heavy atom. The number of hydrogen-bond donors (Lipinski definition) is 4. The second-order valence-corrected chi connectivity index (χ2v) is 19.9. The van der Waals surface area contributed by atoms with E-state index in [-0.39, 0.29) is 29.5 Å². The summed E-state index contributed by atoms with van der Waals surface area (Å²) < 4.78 is 0. The van der Waals surface area contributed by atoms with Crippen molar-refractivity contribution >= 4 is 74.9 Å². The number of carbonyl (C=O) groups excluding carboxylic acids is 1. The molecule has 0 spiro atoms. The molecule has 4 aromatic carbocycles. The highest BCUT2D eigenvalue weighted by atomic mass is 35.5. The Labute approximate surface area is 430 Å². The maximum Gasteiger partial charge on any atom is 0.168 e. The van der Waals surface area contributed by atoms with E-state index in [2.05, 4.69) is 78.1 Å². The molecule has 15 heteroatoms. The van der Waals surface area contributed by atoms with Gasteiger partial charge in [-0.2, -0.15) is 10.2 Å². The number of piperazine rings is 2. The van der Waals surface area contributed by atoms with Crippen LogP contribution in [0.25, 0.3) is 44.3 Å². The van der Waals surface area contributed by atoms with Gasteiger partial charge >= 0.3 is 0 Å². The maximum absolute atomic E-state index is 17.0. The first-order chi connectivity index (χ1) is 35.3. The molecule has 368 valence electrons. The predicted molar refractivity (Wildman–Crippen MR) is 292 cm³/mol. The molecule has 2 unspecified atom stereocenters. The number of Topliss-reactive ketones (excluding diaryl/α,β-unsaturated/α-hetero) is 1. The van der Waals surface area contributed by atoms with Gasteiger partial charge in [-0.3, -0.25) is 24.8 Å². The minimum atomic E-state index is -0.642. The molecule has 0 amide bonds. The molecule has 10 rings (SSSR count). The third-order valence-corrected chi connectivity index (χ3v) is 15.7. The van der Waals surface area contributed by atoms with Crippen LogP contribution in [0.2, 0.25) is 10.0 Å². The fourth-order valence-corrected chi connectivity index (χ4v) is 11.8. The lowest BCUT2D eigenvalue weighted by atomic mass is 9.71. The Morgan fingerprint density at radius 2 is 0.931 bits per heavy atom. The highest BCUT2D eigenvalue weighted by Crippen LogP contribution is 2.43. The monoisotopic (exact) mass is 998 g/mol. The minimum absolute atomic E-state index is 0.0922. The van der Waals surface area contributed by atoms with Gasteiger partial charge in [0.1, 0.15) is 0 Å². The number of nitrogens with one attached hydrogen (secondary N) is 4. The second-order valence-electron chi connectivity index (χ2n) is 19.0. The van der Waals surface area contributed by atoms with Crippen molar-refractivity contribution in [1.82, 2.24) is 40.2 Å². The third kappa shape index (κ3) is 9.66. The summed E-state index contributed by atoms with van der Waals surface area (Å²) in [5.41, 5.74) is 9.71. The SMILES string of the molecule is CC[C@H](C=N)[C@@H](c1ccc(Cl)cc1)C(C(=O)C([C@H](c1ccc(Cl)cc1)[C@@H](C=N)CC)N1CCN(c2c(-c3ccccc3)cnc3[nH]ncc23)CC1)N1CCN(c2c(-c3ccccc3)cnc3[nH]ncc23)CC1. The van der Waals surface area contributed by atoms with E-state index in [1.54, 1.807) is 12.4 Å². The number of H-pyrrole nitrogens is 2. The summed E-state index contributed by atoms with van der Waals surface area (Å²) in [6.45, 7) is 9.13. The van der Waals surface area contributed by atoms with Gasteiger partial charge in [-0.05, 0) is 71.8 Å². The third-order valence-electron chi connectivity index (χ3n) is 15.2. The van der Waals surface area contributed by atoms with Gasteiger partial charge in [-0.1, -0.05) is 122 Å². The molecule has 4 aromatic heterocycles. The maximum atomic E-state index is 17.0. The number of anilines is 2. The Balaban J connectivity index is 1.07. The number of pyridine rings is 2. The lowest BCUT2D eigenvalue weighted by Crippen LogP contribution is -2.63. The molecule has 2 fully saturated rings. The molecule has 72 heavy (non-hydrogen) atoms. The van der Waals surface area contributed by atoms with Crippen LogP contribution in [0.15, 0.2) is 134 Å². The van der Waals surface area contributed by atoms with Crippen LogP contribution in [0.1, 0.15) is 49.7 Å². The molecule has 13 nitrogen and oxygen atoms in total. The number of hydrogen-bond acceptors (Lipinski definition) is 11. The van der Waals surface area contributed by atoms with Crippen molar-refractivity contribution in [1.29, 1.82) is 10.8 Å². The van der Waals surface area contributed by atoms with E-state index in [1.807, 2.05) is 110 Å². The highest BCUT2D eigenvalue weighted by Gasteiger charge is 2.48. The van der Waals surface area contributed by atoms with Crippen LogP contribution in [0.5, 0.6) is 0 Å². The van der Waals surface area contributed by atoms with E-state index < -0.39 is 12.1 Å². The number of ketones is 1. The van der Waals surface area contributed by atoms with Gasteiger partial charge in [0.15, 0.2) is 17.1 Å². The Bertz CT molecular complexity index is 2900. The van der Waals surface area contributed by atoms with Crippen LogP contribution in [-0.4, -0.2) is 123 Å². The Hall–Kier alpha value is -6.77. The van der Waals surface area contributed by atoms with Crippen LogP contribution in [0.3, 0.4) is 0 Å². The van der Waals surface area contributed by atoms with Gasteiger partial charge in [0.05, 0.1) is 46.6 Å². The molecule has 6 atom stereocenters. The van der Waals surface area contributed by atoms with Gasteiger partial charge in [0.25, 0.3) is 0 Å². The van der Waals surface area contributed by atoms with Crippen molar-refractivity contribution in [3.05, 3.63) is 155 Å². The van der Waals surface area contributed by atoms with Crippen molar-refractivity contribution in [3.8, 4) is 22.3 Å². The largest absolute Gasteiger partial charge is 0.368 e. The zero-order valence-electron chi connectivity index (χ0n) is 40.6. The molecule has 2 saturated heterocycles. The number of rotatable bonds is 18. The first kappa shape index (κ1) is 48.8. The predicted octanol–water partition coefficient (Wildman–Crippen LogP) is 11.0. The number of halogens is 2. The summed E-state index contributed by atoms with van der Waals surface area (Å²) in [5.74, 6) is -1.18. The average molecular weight is 1000 g/mol. The number of fused-ring (bicyclic) bond motifs is 2. The molecule has 6 heterocycles. The summed E-state index contributed by atoms with van der Waals surface area (Å²) in [7, 11) is 0. The van der Waals surface area contributed by atoms with Crippen molar-refractivity contribution in [2.75, 3.05) is 62.2 Å². The van der Waals surface area contributed by atoms with Gasteiger partial charge < -0.3 is 20.6 Å². The average Bonchev–Trinajstić information content (AvgIpc) is 4.13. The fourth-order valence-electron chi connectivity index (χ4n) is 11.6. The van der Waals surface area contributed by atoms with Gasteiger partial charge in [0.2, 0.25) is 0 Å². The van der Waals surface area contributed by atoms with Gasteiger partial charge in [0, 0.05) is 110 Å². The molecule has 8 aromatic rings. The van der Waals surface area contributed by atoms with Crippen LogP contribution in [0, 0.1) is 22.7 Å². The van der Waals surface area contributed by atoms with E-state index in [4.69, 9.17) is 44.0 Å². The van der Waals surface area contributed by atoms with Crippen molar-refractivity contribution in [3.63, 3.8) is 0 Å². The summed E-state index contributed by atoms with van der Waals surface area (Å²) in [6.07, 6.45) is 12.0. The first-order valence-electron chi connectivity index (χ1n) is 25.1. The Kier molecular flexibility index (Phi) is 14.9. The summed E-state index contributed by atoms with van der Waals surface area (Å²) >= 11 is 13.2. The molecule has 0 saturated carbocycles. The lowest BCUT2D eigenvalue weighted by Gasteiger charge is -2.49. The zero-order valence-corrected chi connectivity index (χ0v) is 42.1. The Morgan fingerprint density at radius 3 is 1.28 bits per heavy atom. The minimum Gasteiger partial charge on any atom is -0.368 e. The number of benzene rings is 4. The van der Waals surface area contributed by atoms with Crippen LogP contribution in [0.4, 0.5) is 11.4 Å². The standard InChI is InChI=1S/C57H60Cl2N12O/c1-3-37(31-60)49(41-15-19-43(58)20-16-41)53(70-27-23-68(24-28-70)51-45(39-11-7-5-8-12-39)33-62-56-47(51)35-64-66-56)55(72)54(50(38(4-2)32-61)42-17-21-44(59)22-18-42)71-29-25-69(26-30-71)52-46(40-13-9-6-10-14-40)34-63-57-48(52)36-65-67-57/h5-22,31-38,49-50,53-54,60-61H,3-4,23-30H2,1-2H3,(H,62,64,66)(H,63,65,67)/t37-,38-,49+,50+,53?,54?/m1/s1. The topological polar surface area (TPSA) is 161 Å². The van der Waals surface area contributed by atoms with E-state index in [9.17, 15) is 0 Å². The van der Waals surface area contributed by atoms with E-state index in [0.717, 1.165) is 66.8 Å². The number of nitrogens with zero attached hydrogens (tertiary/aromatic N) is 8. The van der Waals surface area contributed by atoms with Gasteiger partial charge in [-0.25, -0.2) is 9.97 Å². The molecule has 2 aliphatic rings. The molecular weight excluding hydrogens is 940 g/mol. The molecule has 2 aliphatic heterocycles. The summed E-state index contributed by atoms with van der Waals surface area (Å²) in [4.78, 5) is 36.1. The summed E-state index contributed by atoms with van der Waals surface area (Å²) in [6, 6.07) is 35.2. The molecule has 0 radical (unpaired) electrons. The van der Waals surface area contributed by atoms with Crippen LogP contribution < -0.4 is 9.80 Å². The van der Waals surface area contributed by atoms with Crippen LogP contribution >= 0.6 is 23.2 Å². The smallest absolute Gasteiger partial charge is 0.168 e. The van der Waals surface area contributed by atoms with E-state index in [0.29, 0.717) is 75.2 Å². The van der Waals surface area contributed by atoms with Crippen molar-refractivity contribution < 1.29 is 4.79 Å². The van der Waals surface area contributed by atoms with Crippen molar-refractivity contribution in [2.24, 2.45) is 11.8 Å². The highest BCUT2D eigenvalue weighted by molar-refractivity contribution is 6.30. The molecule has 0 aliphatic carbocycles. The number of aromatic amines is 2. The van der Waals surface area contributed by atoms with Gasteiger partial charge in [-0.15, -0.1) is 0 Å². The molecular formula is C57H60Cl2N12O. The number of carbonyl (C=O) groups is 1. The quantitative estimate of drug-likeness (QED) is 0.0613. The second kappa shape index (κ2) is 21.9. The zero-order chi connectivity index (χ0) is 49.7. The fraction of sp³-hybridized carbons (Fsp3) is 0.316. The molecule has 0 bridgehead atoms. The first-order valence-corrected chi connectivity index (χ1v) is 25.8. The van der Waals surface area contributed by atoms with Crippen LogP contribution in [-0.2, 0) is 4.79 Å².